The van der Waals surface area contributed by atoms with Crippen molar-refractivity contribution in [3.63, 3.8) is 0 Å². The van der Waals surface area contributed by atoms with Crippen LogP contribution in [-0.2, 0) is 6.54 Å². The third-order valence-electron chi connectivity index (χ3n) is 6.85. The van der Waals surface area contributed by atoms with Gasteiger partial charge in [0.25, 0.3) is 5.56 Å². The molecular weight excluding hydrogens is 518 g/mol. The Morgan fingerprint density at radius 2 is 1.90 bits per heavy atom. The molecule has 198 valence electrons. The lowest BCUT2D eigenvalue weighted by Gasteiger charge is -2.21. The number of anilines is 1. The average Bonchev–Trinajstić information content (AvgIpc) is 3.46. The monoisotopic (exact) mass is 545 g/mol. The molecule has 1 unspecified atom stereocenters. The Kier molecular flexibility index (Phi) is 6.64. The van der Waals surface area contributed by atoms with Crippen LogP contribution in [0.2, 0.25) is 0 Å². The third kappa shape index (κ3) is 4.64. The summed E-state index contributed by atoms with van der Waals surface area (Å²) in [6, 6.07) is 19.2. The minimum atomic E-state index is -0.201. The quantitative estimate of drug-likeness (QED) is 0.298. The van der Waals surface area contributed by atoms with Crippen molar-refractivity contribution in [2.24, 2.45) is 0 Å². The minimum Gasteiger partial charge on any atom is -0.382 e. The van der Waals surface area contributed by atoms with Gasteiger partial charge >= 0.3 is 0 Å². The summed E-state index contributed by atoms with van der Waals surface area (Å²) in [5.41, 5.74) is 10.8. The fraction of sp³-hybridized carbons (Fsp3) is 0.161. The molecule has 0 saturated heterocycles. The summed E-state index contributed by atoms with van der Waals surface area (Å²) in [4.78, 5) is 24.1. The van der Waals surface area contributed by atoms with Gasteiger partial charge in [0.05, 0.1) is 21.7 Å². The Morgan fingerprint density at radius 3 is 2.67 bits per heavy atom. The number of aryl methyl sites for hydroxylation is 2. The molecule has 8 nitrogen and oxygen atoms in total. The lowest BCUT2D eigenvalue weighted by Crippen LogP contribution is -2.29. The highest BCUT2D eigenvalue weighted by Gasteiger charge is 2.19. The largest absolute Gasteiger partial charge is 0.382 e. The molecule has 0 aliphatic rings. The number of hydrogen-bond donors (Lipinski definition) is 2. The number of nitrogens with two attached hydrogens (primary N) is 1. The van der Waals surface area contributed by atoms with Crippen LogP contribution in [0.15, 0.2) is 77.9 Å². The summed E-state index contributed by atoms with van der Waals surface area (Å²) >= 11 is 1.56. The Bertz CT molecular complexity index is 1990. The van der Waals surface area contributed by atoms with E-state index in [2.05, 4.69) is 38.3 Å². The molecular formula is C31H27N7OS. The van der Waals surface area contributed by atoms with E-state index in [9.17, 15) is 4.79 Å². The molecule has 0 radical (unpaired) electrons. The molecule has 1 atom stereocenters. The Morgan fingerprint density at radius 1 is 1.07 bits per heavy atom. The van der Waals surface area contributed by atoms with Crippen molar-refractivity contribution < 1.29 is 0 Å². The van der Waals surface area contributed by atoms with Gasteiger partial charge in [-0.05, 0) is 62.4 Å². The first-order chi connectivity index (χ1) is 19.4. The normalized spacial score (nSPS) is 12.0. The average molecular weight is 546 g/mol. The second-order valence-electron chi connectivity index (χ2n) is 9.57. The van der Waals surface area contributed by atoms with Crippen molar-refractivity contribution in [2.75, 3.05) is 5.73 Å². The zero-order valence-corrected chi connectivity index (χ0v) is 23.2. The van der Waals surface area contributed by atoms with Crippen LogP contribution in [0.1, 0.15) is 45.4 Å². The fourth-order valence-corrected chi connectivity index (χ4v) is 5.67. The molecule has 0 aliphatic heterocycles. The third-order valence-corrected chi connectivity index (χ3v) is 7.84. The molecule has 0 fully saturated rings. The van der Waals surface area contributed by atoms with Gasteiger partial charge in [-0.15, -0.1) is 16.4 Å². The number of nitrogens with zero attached hydrogens (tertiary/aromatic N) is 5. The van der Waals surface area contributed by atoms with Gasteiger partial charge in [0.1, 0.15) is 4.88 Å². The lowest BCUT2D eigenvalue weighted by molar-refractivity contribution is 0.550. The number of pyridine rings is 1. The van der Waals surface area contributed by atoms with Crippen LogP contribution in [0.4, 0.5) is 5.82 Å². The number of nitrogen functional groups attached to an aromatic ring is 1. The highest BCUT2D eigenvalue weighted by atomic mass is 32.1. The van der Waals surface area contributed by atoms with Gasteiger partial charge < -0.3 is 11.1 Å². The van der Waals surface area contributed by atoms with Crippen molar-refractivity contribution in [3.8, 4) is 17.5 Å². The van der Waals surface area contributed by atoms with Gasteiger partial charge in [-0.25, -0.2) is 14.5 Å². The molecule has 2 aromatic carbocycles. The van der Waals surface area contributed by atoms with E-state index in [4.69, 9.17) is 5.73 Å². The van der Waals surface area contributed by atoms with E-state index in [0.29, 0.717) is 29.0 Å². The van der Waals surface area contributed by atoms with Gasteiger partial charge in [-0.2, -0.15) is 0 Å². The van der Waals surface area contributed by atoms with Crippen LogP contribution in [0.25, 0.3) is 22.1 Å². The number of benzene rings is 2. The summed E-state index contributed by atoms with van der Waals surface area (Å²) in [5.74, 6) is 6.92. The van der Waals surface area contributed by atoms with E-state index in [0.717, 1.165) is 37.9 Å². The first kappa shape index (κ1) is 25.5. The molecule has 3 N–H and O–H groups in total. The minimum absolute atomic E-state index is 0.119. The first-order valence-electron chi connectivity index (χ1n) is 12.9. The number of thiazole rings is 1. The van der Waals surface area contributed by atoms with Crippen molar-refractivity contribution >= 4 is 33.6 Å². The van der Waals surface area contributed by atoms with Gasteiger partial charge in [-0.3, -0.25) is 9.36 Å². The van der Waals surface area contributed by atoms with Crippen molar-refractivity contribution in [3.05, 3.63) is 116 Å². The second kappa shape index (κ2) is 10.4. The number of aromatic nitrogens is 5. The number of rotatable bonds is 5. The van der Waals surface area contributed by atoms with E-state index in [1.807, 2.05) is 81.6 Å². The van der Waals surface area contributed by atoms with Crippen molar-refractivity contribution in [2.45, 2.75) is 33.4 Å². The van der Waals surface area contributed by atoms with Crippen LogP contribution in [0.5, 0.6) is 0 Å². The van der Waals surface area contributed by atoms with E-state index in [-0.39, 0.29) is 11.6 Å². The van der Waals surface area contributed by atoms with Crippen LogP contribution in [-0.4, -0.2) is 24.1 Å². The van der Waals surface area contributed by atoms with E-state index in [1.54, 1.807) is 26.6 Å². The molecule has 0 bridgehead atoms. The standard InChI is InChI=1S/C31H27N7OS/c1-19(34-18-25-29(32)36-37-16-8-15-33-30(25)37)26-17-23-10-7-9-22(13-14-27-20(2)35-21(3)40-27)28(23)31(39)38(26)24-11-5-4-6-12-24/h4-12,15-17,19,34H,18H2,1-3H3,(H2,32,36). The predicted octanol–water partition coefficient (Wildman–Crippen LogP) is 4.94. The molecule has 40 heavy (non-hydrogen) atoms. The van der Waals surface area contributed by atoms with Gasteiger partial charge in [0, 0.05) is 41.9 Å². The van der Waals surface area contributed by atoms with E-state index >= 15 is 0 Å². The fourth-order valence-electron chi connectivity index (χ4n) is 4.90. The Labute approximate surface area is 235 Å². The van der Waals surface area contributed by atoms with Crippen LogP contribution in [0, 0.1) is 25.7 Å². The predicted molar refractivity (Wildman–Crippen MR) is 160 cm³/mol. The van der Waals surface area contributed by atoms with Crippen LogP contribution in [0.3, 0.4) is 0 Å². The second-order valence-corrected chi connectivity index (χ2v) is 10.8. The summed E-state index contributed by atoms with van der Waals surface area (Å²) in [5, 5.41) is 10.3. The van der Waals surface area contributed by atoms with E-state index in [1.165, 1.54) is 0 Å². The molecule has 0 saturated carbocycles. The van der Waals surface area contributed by atoms with E-state index < -0.39 is 0 Å². The SMILES string of the molecule is Cc1nc(C)c(C#Cc2cccc3cc(C(C)NCc4c(N)nn5cccnc45)n(-c4ccccc4)c(=O)c23)s1. The maximum absolute atomic E-state index is 14.2. The maximum Gasteiger partial charge on any atom is 0.264 e. The topological polar surface area (TPSA) is 103 Å². The summed E-state index contributed by atoms with van der Waals surface area (Å²) in [7, 11) is 0. The van der Waals surface area contributed by atoms with Crippen LogP contribution >= 0.6 is 11.3 Å². The molecule has 0 amide bonds. The summed E-state index contributed by atoms with van der Waals surface area (Å²) < 4.78 is 3.44. The Balaban J connectivity index is 1.45. The van der Waals surface area contributed by atoms with Crippen molar-refractivity contribution in [1.82, 2.24) is 29.5 Å². The number of hydrogen-bond acceptors (Lipinski definition) is 7. The number of fused-ring (bicyclic) bond motifs is 2. The molecule has 0 aliphatic carbocycles. The maximum atomic E-state index is 14.2. The summed E-state index contributed by atoms with van der Waals surface area (Å²) in [6.07, 6.45) is 3.54. The van der Waals surface area contributed by atoms with Crippen LogP contribution < -0.4 is 16.6 Å². The zero-order valence-electron chi connectivity index (χ0n) is 22.3. The van der Waals surface area contributed by atoms with Gasteiger partial charge in [0.15, 0.2) is 11.5 Å². The number of para-hydroxylation sites is 1. The zero-order chi connectivity index (χ0) is 27.8. The van der Waals surface area contributed by atoms with Gasteiger partial charge in [0.2, 0.25) is 0 Å². The van der Waals surface area contributed by atoms with Gasteiger partial charge in [-0.1, -0.05) is 36.3 Å². The molecule has 6 aromatic rings. The molecule has 0 spiro atoms. The molecule has 6 rings (SSSR count). The lowest BCUT2D eigenvalue weighted by atomic mass is 10.0. The molecule has 9 heteroatoms. The molecule has 4 heterocycles. The Hall–Kier alpha value is -4.78. The first-order valence-corrected chi connectivity index (χ1v) is 13.7. The van der Waals surface area contributed by atoms with Crippen molar-refractivity contribution in [1.29, 1.82) is 0 Å². The molecule has 4 aromatic heterocycles. The highest BCUT2D eigenvalue weighted by molar-refractivity contribution is 7.12. The smallest absolute Gasteiger partial charge is 0.264 e. The highest BCUT2D eigenvalue weighted by Crippen LogP contribution is 2.25. The number of nitrogens with one attached hydrogen (secondary N) is 1. The summed E-state index contributed by atoms with van der Waals surface area (Å²) in [6.45, 7) is 6.40.